The first-order valence-corrected chi connectivity index (χ1v) is 6.39. The van der Waals surface area contributed by atoms with Gasteiger partial charge in [0.15, 0.2) is 0 Å². The number of halogens is 1. The van der Waals surface area contributed by atoms with Crippen LogP contribution in [0.25, 0.3) is 5.95 Å². The third kappa shape index (κ3) is 4.41. The molecule has 0 aliphatic carbocycles. The van der Waals surface area contributed by atoms with Crippen molar-refractivity contribution in [1.29, 1.82) is 0 Å². The Balaban J connectivity index is 1.88. The van der Waals surface area contributed by atoms with E-state index in [1.807, 2.05) is 0 Å². The van der Waals surface area contributed by atoms with Crippen LogP contribution in [-0.4, -0.2) is 58.2 Å². The van der Waals surface area contributed by atoms with Crippen LogP contribution in [0.2, 0.25) is 5.28 Å². The van der Waals surface area contributed by atoms with Gasteiger partial charge in [-0.1, -0.05) is 0 Å². The van der Waals surface area contributed by atoms with Gasteiger partial charge in [-0.25, -0.2) is 4.68 Å². The third-order valence-corrected chi connectivity index (χ3v) is 2.44. The minimum absolute atomic E-state index is 0.105. The Kier molecular flexibility index (Phi) is 5.66. The number of ether oxygens (including phenoxy) is 2. The number of aromatic nitrogens is 5. The number of hydrogen-bond acceptors (Lipinski definition) is 7. The minimum atomic E-state index is 0.105. The summed E-state index contributed by atoms with van der Waals surface area (Å²) in [5, 5.41) is 7.15. The van der Waals surface area contributed by atoms with Crippen LogP contribution in [0.1, 0.15) is 0 Å². The van der Waals surface area contributed by atoms with Gasteiger partial charge in [0.25, 0.3) is 5.95 Å². The molecule has 20 heavy (non-hydrogen) atoms. The highest BCUT2D eigenvalue weighted by atomic mass is 35.5. The summed E-state index contributed by atoms with van der Waals surface area (Å²) in [7, 11) is 1.63. The predicted octanol–water partition coefficient (Wildman–Crippen LogP) is 0.786. The van der Waals surface area contributed by atoms with E-state index in [0.717, 1.165) is 0 Å². The quantitative estimate of drug-likeness (QED) is 0.721. The maximum Gasteiger partial charge on any atom is 0.256 e. The van der Waals surface area contributed by atoms with Crippen LogP contribution in [0.5, 0.6) is 0 Å². The molecule has 0 aliphatic heterocycles. The van der Waals surface area contributed by atoms with E-state index in [0.29, 0.717) is 38.3 Å². The Morgan fingerprint density at radius 3 is 2.90 bits per heavy atom. The first kappa shape index (κ1) is 14.6. The largest absolute Gasteiger partial charge is 0.382 e. The molecular weight excluding hydrogens is 284 g/mol. The summed E-state index contributed by atoms with van der Waals surface area (Å²) in [4.78, 5) is 12.2. The zero-order valence-corrected chi connectivity index (χ0v) is 11.7. The number of hydrogen-bond donors (Lipinski definition) is 1. The average molecular weight is 299 g/mol. The SMILES string of the molecule is COCCOCCNc1nc(Cl)nc(-n2cccn2)n1. The molecule has 0 aliphatic rings. The highest BCUT2D eigenvalue weighted by molar-refractivity contribution is 6.28. The molecule has 8 nitrogen and oxygen atoms in total. The van der Waals surface area contributed by atoms with E-state index in [2.05, 4.69) is 25.4 Å². The monoisotopic (exact) mass is 298 g/mol. The molecule has 2 heterocycles. The molecule has 0 saturated heterocycles. The highest BCUT2D eigenvalue weighted by Gasteiger charge is 2.06. The van der Waals surface area contributed by atoms with E-state index in [1.165, 1.54) is 4.68 Å². The molecule has 0 bridgehead atoms. The fourth-order valence-corrected chi connectivity index (χ4v) is 1.54. The maximum atomic E-state index is 5.86. The normalized spacial score (nSPS) is 10.7. The lowest BCUT2D eigenvalue weighted by atomic mass is 10.6. The molecule has 2 aromatic rings. The van der Waals surface area contributed by atoms with Gasteiger partial charge in [-0.3, -0.25) is 0 Å². The Morgan fingerprint density at radius 1 is 1.25 bits per heavy atom. The molecule has 0 fully saturated rings. The van der Waals surface area contributed by atoms with Crippen molar-refractivity contribution < 1.29 is 9.47 Å². The zero-order valence-electron chi connectivity index (χ0n) is 11.0. The van der Waals surface area contributed by atoms with Gasteiger partial charge < -0.3 is 14.8 Å². The molecule has 0 radical (unpaired) electrons. The third-order valence-electron chi connectivity index (χ3n) is 2.27. The smallest absolute Gasteiger partial charge is 0.256 e. The molecular formula is C11H15ClN6O2. The molecule has 2 aromatic heterocycles. The summed E-state index contributed by atoms with van der Waals surface area (Å²) in [5.41, 5.74) is 0. The van der Waals surface area contributed by atoms with Gasteiger partial charge in [-0.15, -0.1) is 0 Å². The average Bonchev–Trinajstić information content (AvgIpc) is 2.96. The van der Waals surface area contributed by atoms with Crippen molar-refractivity contribution in [3.8, 4) is 5.95 Å². The molecule has 0 amide bonds. The van der Waals surface area contributed by atoms with Gasteiger partial charge in [0, 0.05) is 26.0 Å². The molecule has 0 spiro atoms. The van der Waals surface area contributed by atoms with Crippen LogP contribution in [0.15, 0.2) is 18.5 Å². The second-order valence-corrected chi connectivity index (χ2v) is 4.05. The molecule has 0 aromatic carbocycles. The molecule has 108 valence electrons. The second kappa shape index (κ2) is 7.73. The summed E-state index contributed by atoms with van der Waals surface area (Å²) >= 11 is 5.86. The first-order chi connectivity index (χ1) is 9.79. The lowest BCUT2D eigenvalue weighted by Crippen LogP contribution is -2.15. The van der Waals surface area contributed by atoms with E-state index >= 15 is 0 Å². The number of rotatable bonds is 8. The van der Waals surface area contributed by atoms with Gasteiger partial charge in [0.1, 0.15) is 0 Å². The summed E-state index contributed by atoms with van der Waals surface area (Å²) < 4.78 is 11.7. The fourth-order valence-electron chi connectivity index (χ4n) is 1.39. The van der Waals surface area contributed by atoms with Crippen molar-refractivity contribution in [2.45, 2.75) is 0 Å². The molecule has 1 N–H and O–H groups in total. The van der Waals surface area contributed by atoms with Crippen LogP contribution < -0.4 is 5.32 Å². The number of anilines is 1. The standard InChI is InChI=1S/C11H15ClN6O2/c1-19-7-8-20-6-4-13-10-15-9(12)16-11(17-10)18-5-2-3-14-18/h2-3,5H,4,6-8H2,1H3,(H,13,15,16,17). The van der Waals surface area contributed by atoms with Crippen molar-refractivity contribution in [3.05, 3.63) is 23.7 Å². The summed E-state index contributed by atoms with van der Waals surface area (Å²) in [6.07, 6.45) is 3.36. The van der Waals surface area contributed by atoms with E-state index in [-0.39, 0.29) is 5.28 Å². The number of nitrogens with one attached hydrogen (secondary N) is 1. The van der Waals surface area contributed by atoms with Crippen LogP contribution in [-0.2, 0) is 9.47 Å². The summed E-state index contributed by atoms with van der Waals surface area (Å²) in [6.45, 7) is 2.20. The lowest BCUT2D eigenvalue weighted by molar-refractivity contribution is 0.0759. The van der Waals surface area contributed by atoms with Crippen molar-refractivity contribution in [2.75, 3.05) is 38.8 Å². The highest BCUT2D eigenvalue weighted by Crippen LogP contribution is 2.08. The van der Waals surface area contributed by atoms with E-state index in [1.54, 1.807) is 25.6 Å². The Bertz CT molecular complexity index is 522. The van der Waals surface area contributed by atoms with Crippen molar-refractivity contribution in [2.24, 2.45) is 0 Å². The van der Waals surface area contributed by atoms with Crippen LogP contribution in [0.4, 0.5) is 5.95 Å². The first-order valence-electron chi connectivity index (χ1n) is 6.02. The van der Waals surface area contributed by atoms with Crippen LogP contribution >= 0.6 is 11.6 Å². The van der Waals surface area contributed by atoms with E-state index < -0.39 is 0 Å². The predicted molar refractivity (Wildman–Crippen MR) is 73.1 cm³/mol. The minimum Gasteiger partial charge on any atom is -0.382 e. The maximum absolute atomic E-state index is 5.86. The summed E-state index contributed by atoms with van der Waals surface area (Å²) in [5.74, 6) is 0.739. The van der Waals surface area contributed by atoms with Crippen molar-refractivity contribution in [3.63, 3.8) is 0 Å². The fraction of sp³-hybridized carbons (Fsp3) is 0.455. The molecule has 0 unspecified atom stereocenters. The van der Waals surface area contributed by atoms with E-state index in [4.69, 9.17) is 21.1 Å². The Morgan fingerprint density at radius 2 is 2.15 bits per heavy atom. The lowest BCUT2D eigenvalue weighted by Gasteiger charge is -2.07. The Hall–Kier alpha value is -1.77. The van der Waals surface area contributed by atoms with Crippen LogP contribution in [0, 0.1) is 0 Å². The molecule has 0 saturated carbocycles. The topological polar surface area (TPSA) is 87.0 Å². The molecule has 0 atom stereocenters. The Labute approximate surface area is 121 Å². The second-order valence-electron chi connectivity index (χ2n) is 3.71. The van der Waals surface area contributed by atoms with Gasteiger partial charge in [0.05, 0.1) is 19.8 Å². The van der Waals surface area contributed by atoms with Crippen molar-refractivity contribution >= 4 is 17.5 Å². The zero-order chi connectivity index (χ0) is 14.2. The van der Waals surface area contributed by atoms with Crippen molar-refractivity contribution in [1.82, 2.24) is 24.7 Å². The number of nitrogens with zero attached hydrogens (tertiary/aromatic N) is 5. The van der Waals surface area contributed by atoms with Gasteiger partial charge in [-0.2, -0.15) is 20.1 Å². The molecule has 9 heteroatoms. The number of methoxy groups -OCH3 is 1. The van der Waals surface area contributed by atoms with Gasteiger partial charge in [0.2, 0.25) is 11.2 Å². The van der Waals surface area contributed by atoms with E-state index in [9.17, 15) is 0 Å². The van der Waals surface area contributed by atoms with Gasteiger partial charge >= 0.3 is 0 Å². The molecule has 2 rings (SSSR count). The van der Waals surface area contributed by atoms with Gasteiger partial charge in [-0.05, 0) is 17.7 Å². The van der Waals surface area contributed by atoms with Crippen LogP contribution in [0.3, 0.4) is 0 Å². The summed E-state index contributed by atoms with van der Waals surface area (Å²) in [6, 6.07) is 1.77.